The quantitative estimate of drug-likeness (QED) is 0.864. The van der Waals surface area contributed by atoms with E-state index in [1.807, 2.05) is 6.92 Å². The average molecular weight is 243 g/mol. The fourth-order valence-corrected chi connectivity index (χ4v) is 4.05. The highest BCUT2D eigenvalue weighted by molar-refractivity contribution is 7.89. The molecule has 1 aromatic rings. The molecule has 1 aliphatic carbocycles. The lowest BCUT2D eigenvalue weighted by molar-refractivity contribution is 0.420. The molecule has 1 fully saturated rings. The van der Waals surface area contributed by atoms with E-state index in [4.69, 9.17) is 0 Å². The number of rotatable bonds is 4. The predicted molar refractivity (Wildman–Crippen MR) is 60.6 cm³/mol. The third-order valence-corrected chi connectivity index (χ3v) is 5.18. The Morgan fingerprint density at radius 2 is 2.06 bits per heavy atom. The van der Waals surface area contributed by atoms with Gasteiger partial charge in [0.05, 0.1) is 11.4 Å². The molecule has 1 saturated carbocycles. The molecule has 6 heteroatoms. The van der Waals surface area contributed by atoms with Gasteiger partial charge in [-0.1, -0.05) is 6.92 Å². The lowest BCUT2D eigenvalue weighted by Gasteiger charge is -2.19. The van der Waals surface area contributed by atoms with Gasteiger partial charge in [0.25, 0.3) is 0 Å². The second-order valence-corrected chi connectivity index (χ2v) is 6.03. The Morgan fingerprint density at radius 3 is 2.44 bits per heavy atom. The summed E-state index contributed by atoms with van der Waals surface area (Å²) < 4.78 is 26.4. The van der Waals surface area contributed by atoms with Gasteiger partial charge in [0.1, 0.15) is 4.90 Å². The van der Waals surface area contributed by atoms with Crippen LogP contribution in [0.4, 0.5) is 0 Å². The Kier molecular flexibility index (Phi) is 2.79. The highest BCUT2D eigenvalue weighted by atomic mass is 32.2. The summed E-state index contributed by atoms with van der Waals surface area (Å²) in [6.45, 7) is 5.86. The zero-order valence-electron chi connectivity index (χ0n) is 9.82. The molecule has 0 bridgehead atoms. The van der Waals surface area contributed by atoms with Crippen LogP contribution in [0.1, 0.15) is 31.2 Å². The number of aryl methyl sites for hydroxylation is 2. The molecular weight excluding hydrogens is 226 g/mol. The summed E-state index contributed by atoms with van der Waals surface area (Å²) in [6, 6.07) is 0.198. The van der Waals surface area contributed by atoms with Crippen molar-refractivity contribution in [3.63, 3.8) is 0 Å². The minimum Gasteiger partial charge on any atom is -0.281 e. The van der Waals surface area contributed by atoms with Crippen LogP contribution in [0, 0.1) is 13.8 Å². The van der Waals surface area contributed by atoms with E-state index in [2.05, 4.69) is 10.2 Å². The summed E-state index contributed by atoms with van der Waals surface area (Å²) in [6.07, 6.45) is 1.95. The molecule has 16 heavy (non-hydrogen) atoms. The van der Waals surface area contributed by atoms with Crippen molar-refractivity contribution in [2.45, 2.75) is 44.6 Å². The molecular formula is C10H17N3O2S. The molecule has 0 saturated heterocycles. The van der Waals surface area contributed by atoms with Crippen LogP contribution in [-0.4, -0.2) is 35.5 Å². The Balaban J connectivity index is 2.45. The summed E-state index contributed by atoms with van der Waals surface area (Å²) in [5.74, 6) is 0. The summed E-state index contributed by atoms with van der Waals surface area (Å²) >= 11 is 0. The number of sulfonamides is 1. The molecule has 2 rings (SSSR count). The van der Waals surface area contributed by atoms with E-state index in [1.54, 1.807) is 18.2 Å². The van der Waals surface area contributed by atoms with Crippen molar-refractivity contribution in [2.75, 3.05) is 6.54 Å². The number of hydrogen-bond donors (Lipinski definition) is 1. The van der Waals surface area contributed by atoms with Crippen LogP contribution in [0.25, 0.3) is 0 Å². The Bertz CT molecular complexity index is 469. The maximum Gasteiger partial charge on any atom is 0.246 e. The van der Waals surface area contributed by atoms with Gasteiger partial charge in [-0.05, 0) is 26.7 Å². The smallest absolute Gasteiger partial charge is 0.246 e. The van der Waals surface area contributed by atoms with Crippen molar-refractivity contribution in [2.24, 2.45) is 0 Å². The second kappa shape index (κ2) is 3.85. The molecule has 0 aromatic carbocycles. The van der Waals surface area contributed by atoms with Crippen LogP contribution in [0.5, 0.6) is 0 Å². The lowest BCUT2D eigenvalue weighted by atomic mass is 10.4. The molecule has 1 aliphatic rings. The maximum absolute atomic E-state index is 12.4. The Morgan fingerprint density at radius 1 is 1.44 bits per heavy atom. The fourth-order valence-electron chi connectivity index (χ4n) is 2.02. The zero-order chi connectivity index (χ0) is 11.9. The topological polar surface area (TPSA) is 66.1 Å². The Hall–Kier alpha value is -0.880. The predicted octanol–water partition coefficient (Wildman–Crippen LogP) is 1.20. The van der Waals surface area contributed by atoms with Gasteiger partial charge < -0.3 is 0 Å². The van der Waals surface area contributed by atoms with Crippen LogP contribution in [0.2, 0.25) is 0 Å². The average Bonchev–Trinajstić information content (AvgIpc) is 2.94. The minimum atomic E-state index is -3.37. The zero-order valence-corrected chi connectivity index (χ0v) is 10.6. The molecule has 0 amide bonds. The molecule has 90 valence electrons. The minimum absolute atomic E-state index is 0.198. The van der Waals surface area contributed by atoms with E-state index in [1.165, 1.54) is 0 Å². The first-order valence-corrected chi connectivity index (χ1v) is 6.96. The van der Waals surface area contributed by atoms with Crippen LogP contribution in [0.15, 0.2) is 4.90 Å². The van der Waals surface area contributed by atoms with Gasteiger partial charge in [0, 0.05) is 12.6 Å². The van der Waals surface area contributed by atoms with E-state index >= 15 is 0 Å². The van der Waals surface area contributed by atoms with Crippen molar-refractivity contribution < 1.29 is 8.42 Å². The van der Waals surface area contributed by atoms with Crippen LogP contribution >= 0.6 is 0 Å². The van der Waals surface area contributed by atoms with Crippen molar-refractivity contribution in [1.29, 1.82) is 0 Å². The number of nitrogens with zero attached hydrogens (tertiary/aromatic N) is 2. The number of H-pyrrole nitrogens is 1. The van der Waals surface area contributed by atoms with Crippen LogP contribution in [0.3, 0.4) is 0 Å². The summed E-state index contributed by atoms with van der Waals surface area (Å²) in [4.78, 5) is 0.348. The van der Waals surface area contributed by atoms with E-state index in [0.29, 0.717) is 22.8 Å². The molecule has 0 unspecified atom stereocenters. The third kappa shape index (κ3) is 1.76. The first-order chi connectivity index (χ1) is 7.48. The van der Waals surface area contributed by atoms with E-state index < -0.39 is 10.0 Å². The van der Waals surface area contributed by atoms with E-state index in [9.17, 15) is 8.42 Å². The number of nitrogens with one attached hydrogen (secondary N) is 1. The largest absolute Gasteiger partial charge is 0.281 e. The molecule has 1 N–H and O–H groups in total. The van der Waals surface area contributed by atoms with Crippen molar-refractivity contribution in [3.8, 4) is 0 Å². The normalized spacial score (nSPS) is 17.0. The highest BCUT2D eigenvalue weighted by Crippen LogP contribution is 2.33. The first kappa shape index (κ1) is 11.6. The van der Waals surface area contributed by atoms with Gasteiger partial charge in [-0.2, -0.15) is 9.40 Å². The lowest BCUT2D eigenvalue weighted by Crippen LogP contribution is -2.33. The molecule has 5 nitrogen and oxygen atoms in total. The van der Waals surface area contributed by atoms with Crippen molar-refractivity contribution in [3.05, 3.63) is 11.4 Å². The molecule has 0 atom stereocenters. The Labute approximate surface area is 95.9 Å². The molecule has 0 spiro atoms. The number of aromatic amines is 1. The number of hydrogen-bond acceptors (Lipinski definition) is 3. The summed E-state index contributed by atoms with van der Waals surface area (Å²) in [5.41, 5.74) is 1.17. The van der Waals surface area contributed by atoms with E-state index in [-0.39, 0.29) is 6.04 Å². The second-order valence-electron chi connectivity index (χ2n) is 4.20. The monoisotopic (exact) mass is 243 g/mol. The van der Waals surface area contributed by atoms with Gasteiger partial charge in [0.2, 0.25) is 10.0 Å². The summed E-state index contributed by atoms with van der Waals surface area (Å²) in [5, 5.41) is 6.67. The van der Waals surface area contributed by atoms with Gasteiger partial charge >= 0.3 is 0 Å². The summed E-state index contributed by atoms with van der Waals surface area (Å²) in [7, 11) is -3.37. The van der Waals surface area contributed by atoms with Gasteiger partial charge in [-0.3, -0.25) is 5.10 Å². The first-order valence-electron chi connectivity index (χ1n) is 5.52. The maximum atomic E-state index is 12.4. The van der Waals surface area contributed by atoms with Crippen LogP contribution in [-0.2, 0) is 10.0 Å². The van der Waals surface area contributed by atoms with Gasteiger partial charge in [-0.15, -0.1) is 0 Å². The van der Waals surface area contributed by atoms with E-state index in [0.717, 1.165) is 12.8 Å². The van der Waals surface area contributed by atoms with Crippen molar-refractivity contribution >= 4 is 10.0 Å². The molecule has 0 aliphatic heterocycles. The molecule has 0 radical (unpaired) electrons. The number of aromatic nitrogens is 2. The molecule has 1 aromatic heterocycles. The third-order valence-electron chi connectivity index (χ3n) is 2.89. The van der Waals surface area contributed by atoms with Gasteiger partial charge in [0.15, 0.2) is 0 Å². The fraction of sp³-hybridized carbons (Fsp3) is 0.700. The SMILES string of the molecule is CCN(C1CC1)S(=O)(=O)c1c(C)n[nH]c1C. The molecule has 1 heterocycles. The van der Waals surface area contributed by atoms with Crippen molar-refractivity contribution in [1.82, 2.24) is 14.5 Å². The highest BCUT2D eigenvalue weighted by Gasteiger charge is 2.38. The van der Waals surface area contributed by atoms with Crippen LogP contribution < -0.4 is 0 Å². The van der Waals surface area contributed by atoms with Gasteiger partial charge in [-0.25, -0.2) is 8.42 Å². The standard InChI is InChI=1S/C10H17N3O2S/c1-4-13(9-5-6-9)16(14,15)10-7(2)11-12-8(10)3/h9H,4-6H2,1-3H3,(H,11,12).